The molecule has 0 aliphatic carbocycles. The number of aliphatic hydroxyl groups excluding tert-OH is 1. The van der Waals surface area contributed by atoms with Gasteiger partial charge in [-0.3, -0.25) is 14.7 Å². The van der Waals surface area contributed by atoms with Gasteiger partial charge in [0.25, 0.3) is 0 Å². The first kappa shape index (κ1) is 33.9. The number of pyridine rings is 1. The Morgan fingerprint density at radius 3 is 2.60 bits per heavy atom. The zero-order valence-electron chi connectivity index (χ0n) is 26.6. The molecule has 10 heteroatoms. The number of hydrogen-bond donors (Lipinski definition) is 1. The second kappa shape index (κ2) is 16.4. The highest BCUT2D eigenvalue weighted by atomic mass is 35.5. The molecule has 0 amide bonds. The lowest BCUT2D eigenvalue weighted by Crippen LogP contribution is -2.47. The third kappa shape index (κ3) is 8.47. The first-order valence-electron chi connectivity index (χ1n) is 15.5. The van der Waals surface area contributed by atoms with E-state index in [9.17, 15) is 9.90 Å². The van der Waals surface area contributed by atoms with Crippen LogP contribution in [-0.4, -0.2) is 66.8 Å². The van der Waals surface area contributed by atoms with E-state index in [0.717, 1.165) is 53.1 Å². The van der Waals surface area contributed by atoms with E-state index in [1.54, 1.807) is 18.3 Å². The molecule has 1 unspecified atom stereocenters. The fourth-order valence-electron chi connectivity index (χ4n) is 5.62. The van der Waals surface area contributed by atoms with Crippen LogP contribution in [0.25, 0.3) is 11.1 Å². The molecule has 2 heterocycles. The third-order valence-corrected chi connectivity index (χ3v) is 8.62. The Morgan fingerprint density at radius 1 is 1.02 bits per heavy atom. The van der Waals surface area contributed by atoms with Gasteiger partial charge in [-0.1, -0.05) is 41.9 Å². The van der Waals surface area contributed by atoms with Crippen molar-refractivity contribution in [3.63, 3.8) is 0 Å². The summed E-state index contributed by atoms with van der Waals surface area (Å²) < 4.78 is 23.8. The number of ether oxygens (including phenoxy) is 4. The summed E-state index contributed by atoms with van der Waals surface area (Å²) in [6, 6.07) is 19.1. The summed E-state index contributed by atoms with van der Waals surface area (Å²) in [6.07, 6.45) is 4.61. The number of hydrogen-bond acceptors (Lipinski definition) is 9. The summed E-state index contributed by atoms with van der Waals surface area (Å²) in [5.74, 6) is 1.54. The smallest absolute Gasteiger partial charge is 0.153 e. The summed E-state index contributed by atoms with van der Waals surface area (Å²) in [4.78, 5) is 18.1. The molecule has 0 spiro atoms. The third-order valence-electron chi connectivity index (χ3n) is 8.32. The molecule has 47 heavy (non-hydrogen) atoms. The molecule has 0 saturated carbocycles. The highest BCUT2D eigenvalue weighted by Crippen LogP contribution is 2.36. The second-order valence-corrected chi connectivity index (χ2v) is 11.8. The fourth-order valence-corrected chi connectivity index (χ4v) is 5.84. The minimum atomic E-state index is 0.0483. The molecule has 1 aromatic heterocycles. The molecule has 3 aromatic carbocycles. The summed E-state index contributed by atoms with van der Waals surface area (Å²) in [5.41, 5.74) is 6.66. The first-order chi connectivity index (χ1) is 22.9. The Labute approximate surface area is 280 Å². The van der Waals surface area contributed by atoms with E-state index in [0.29, 0.717) is 53.8 Å². The van der Waals surface area contributed by atoms with Crippen molar-refractivity contribution in [2.24, 2.45) is 0 Å². The van der Waals surface area contributed by atoms with Crippen LogP contribution in [0.4, 0.5) is 0 Å². The Bertz CT molecular complexity index is 1740. The van der Waals surface area contributed by atoms with Gasteiger partial charge in [0, 0.05) is 37.1 Å². The van der Waals surface area contributed by atoms with Crippen molar-refractivity contribution in [1.82, 2.24) is 9.88 Å². The van der Waals surface area contributed by atoms with E-state index in [4.69, 9.17) is 35.8 Å². The van der Waals surface area contributed by atoms with E-state index < -0.39 is 0 Å². The zero-order valence-corrected chi connectivity index (χ0v) is 27.3. The zero-order chi connectivity index (χ0) is 33.2. The van der Waals surface area contributed by atoms with Crippen LogP contribution in [0.15, 0.2) is 67.0 Å². The summed E-state index contributed by atoms with van der Waals surface area (Å²) in [5, 5.41) is 19.1. The molecule has 1 aliphatic rings. The molecule has 0 bridgehead atoms. The van der Waals surface area contributed by atoms with Gasteiger partial charge >= 0.3 is 0 Å². The van der Waals surface area contributed by atoms with Gasteiger partial charge in [-0.25, -0.2) is 0 Å². The van der Waals surface area contributed by atoms with E-state index in [1.165, 1.54) is 12.3 Å². The Morgan fingerprint density at radius 2 is 1.81 bits per heavy atom. The van der Waals surface area contributed by atoms with Crippen molar-refractivity contribution < 1.29 is 28.8 Å². The number of aliphatic hydroxyl groups is 1. The summed E-state index contributed by atoms with van der Waals surface area (Å²) >= 11 is 6.50. The van der Waals surface area contributed by atoms with Gasteiger partial charge < -0.3 is 24.1 Å². The number of benzene rings is 3. The lowest BCUT2D eigenvalue weighted by molar-refractivity contribution is -0.0287. The maximum Gasteiger partial charge on any atom is 0.153 e. The van der Waals surface area contributed by atoms with Crippen molar-refractivity contribution in [2.75, 3.05) is 39.5 Å². The van der Waals surface area contributed by atoms with Crippen LogP contribution in [0.5, 0.6) is 17.2 Å². The highest BCUT2D eigenvalue weighted by Gasteiger charge is 2.21. The Kier molecular flexibility index (Phi) is 11.8. The minimum Gasteiger partial charge on any atom is -0.493 e. The molecule has 5 rings (SSSR count). The highest BCUT2D eigenvalue weighted by molar-refractivity contribution is 6.32. The van der Waals surface area contributed by atoms with Gasteiger partial charge in [-0.15, -0.1) is 0 Å². The van der Waals surface area contributed by atoms with Gasteiger partial charge in [0.05, 0.1) is 48.6 Å². The van der Waals surface area contributed by atoms with Crippen molar-refractivity contribution in [2.45, 2.75) is 39.5 Å². The van der Waals surface area contributed by atoms with Crippen LogP contribution in [0.2, 0.25) is 5.02 Å². The van der Waals surface area contributed by atoms with Crippen molar-refractivity contribution in [1.29, 1.82) is 5.26 Å². The van der Waals surface area contributed by atoms with Crippen molar-refractivity contribution in [3.05, 3.63) is 105 Å². The van der Waals surface area contributed by atoms with Crippen LogP contribution >= 0.6 is 11.6 Å². The molecular weight excluding hydrogens is 618 g/mol. The molecular formula is C37H38ClN3O6. The fraction of sp³-hybridized carbons (Fsp3) is 0.324. The monoisotopic (exact) mass is 655 g/mol. The van der Waals surface area contributed by atoms with Crippen LogP contribution in [-0.2, 0) is 18.0 Å². The quantitative estimate of drug-likeness (QED) is 0.123. The SMILES string of the molecule is Cc1c(COc2cc(OCc3cncc(C#N)c3)c(C=O)cc2Cl)cccc1-c1cccc(OCCCN2CCOCC2CO)c1C. The molecule has 1 fully saturated rings. The number of nitriles is 1. The lowest BCUT2D eigenvalue weighted by atomic mass is 9.93. The van der Waals surface area contributed by atoms with E-state index in [-0.39, 0.29) is 31.4 Å². The molecule has 4 aromatic rings. The van der Waals surface area contributed by atoms with Gasteiger partial charge in [-0.2, -0.15) is 5.26 Å². The number of morpholine rings is 1. The number of carbonyl (C=O) groups excluding carboxylic acids is 1. The molecule has 1 saturated heterocycles. The van der Waals surface area contributed by atoms with Crippen LogP contribution in [0.1, 0.15) is 44.6 Å². The predicted octanol–water partition coefficient (Wildman–Crippen LogP) is 6.32. The van der Waals surface area contributed by atoms with E-state index in [1.807, 2.05) is 24.3 Å². The average Bonchev–Trinajstić information content (AvgIpc) is 3.10. The van der Waals surface area contributed by atoms with Gasteiger partial charge in [0.2, 0.25) is 0 Å². The first-order valence-corrected chi connectivity index (χ1v) is 15.9. The van der Waals surface area contributed by atoms with Crippen LogP contribution in [0.3, 0.4) is 0 Å². The standard InChI is InChI=1S/C37H38ClN3O6/c1-25-29(23-47-37-16-36(30(20-42)15-34(37)38)46-22-28-14-27(17-39)18-40-19-28)6-3-7-32(25)33-8-4-9-35(26(33)2)45-12-5-10-41-11-13-44-24-31(41)21-43/h3-4,6-9,14-16,18-20,31,43H,5,10-13,21-24H2,1-2H3. The van der Waals surface area contributed by atoms with Crippen LogP contribution < -0.4 is 14.2 Å². The van der Waals surface area contributed by atoms with Gasteiger partial charge in [0.15, 0.2) is 6.29 Å². The van der Waals surface area contributed by atoms with Crippen molar-refractivity contribution >= 4 is 17.9 Å². The normalized spacial score (nSPS) is 14.7. The number of rotatable bonds is 14. The van der Waals surface area contributed by atoms with Crippen molar-refractivity contribution in [3.8, 4) is 34.4 Å². The van der Waals surface area contributed by atoms with E-state index in [2.05, 4.69) is 41.9 Å². The number of carbonyl (C=O) groups is 1. The summed E-state index contributed by atoms with van der Waals surface area (Å²) in [6.45, 7) is 8.09. The Balaban J connectivity index is 1.25. The summed E-state index contributed by atoms with van der Waals surface area (Å²) in [7, 11) is 0. The largest absolute Gasteiger partial charge is 0.493 e. The maximum absolute atomic E-state index is 11.8. The number of aromatic nitrogens is 1. The number of halogens is 1. The minimum absolute atomic E-state index is 0.0483. The Hall–Kier alpha value is -4.46. The number of aldehydes is 1. The molecule has 9 nitrogen and oxygen atoms in total. The topological polar surface area (TPSA) is 114 Å². The molecule has 0 radical (unpaired) electrons. The molecule has 1 aliphatic heterocycles. The lowest BCUT2D eigenvalue weighted by Gasteiger charge is -2.34. The average molecular weight is 656 g/mol. The van der Waals surface area contributed by atoms with Crippen LogP contribution in [0, 0.1) is 25.2 Å². The predicted molar refractivity (Wildman–Crippen MR) is 179 cm³/mol. The molecule has 244 valence electrons. The number of nitrogens with zero attached hydrogens (tertiary/aromatic N) is 3. The maximum atomic E-state index is 11.8. The molecule has 1 atom stereocenters. The second-order valence-electron chi connectivity index (χ2n) is 11.4. The van der Waals surface area contributed by atoms with Gasteiger partial charge in [0.1, 0.15) is 36.5 Å². The van der Waals surface area contributed by atoms with Gasteiger partial charge in [-0.05, 0) is 66.3 Å². The van der Waals surface area contributed by atoms with E-state index >= 15 is 0 Å². The molecule has 1 N–H and O–H groups in total.